The molecule has 0 radical (unpaired) electrons. The Balaban J connectivity index is 1.39. The van der Waals surface area contributed by atoms with Gasteiger partial charge in [0, 0.05) is 6.54 Å². The van der Waals surface area contributed by atoms with Gasteiger partial charge in [0.2, 0.25) is 0 Å². The molecule has 3 rings (SSSR count). The van der Waals surface area contributed by atoms with E-state index in [0.717, 1.165) is 41.5 Å². The van der Waals surface area contributed by atoms with Gasteiger partial charge in [-0.15, -0.1) is 0 Å². The molecule has 0 bridgehead atoms. The van der Waals surface area contributed by atoms with Gasteiger partial charge in [-0.05, 0) is 24.3 Å². The standard InChI is InChI=1S/C19H22N2O2S2/c24-19-21(12-14-23-18-9-5-2-6-10-18)15-20(16-25-19)11-13-22-17-7-3-1-4-8-17/h1-10H,11-16H2. The van der Waals surface area contributed by atoms with Crippen molar-refractivity contribution in [1.82, 2.24) is 9.80 Å². The summed E-state index contributed by atoms with van der Waals surface area (Å²) in [5.74, 6) is 2.72. The number of hydrogen-bond acceptors (Lipinski definition) is 5. The van der Waals surface area contributed by atoms with Crippen molar-refractivity contribution >= 4 is 28.3 Å². The zero-order chi connectivity index (χ0) is 17.3. The van der Waals surface area contributed by atoms with Gasteiger partial charge in [0.1, 0.15) is 29.0 Å². The first-order chi connectivity index (χ1) is 12.3. The van der Waals surface area contributed by atoms with E-state index in [4.69, 9.17) is 21.7 Å². The maximum absolute atomic E-state index is 5.78. The zero-order valence-corrected chi connectivity index (χ0v) is 15.7. The number of rotatable bonds is 8. The molecule has 0 aliphatic carbocycles. The number of ether oxygens (including phenoxy) is 2. The molecule has 0 unspecified atom stereocenters. The molecule has 132 valence electrons. The average molecular weight is 375 g/mol. The van der Waals surface area contributed by atoms with Crippen molar-refractivity contribution in [3.05, 3.63) is 60.7 Å². The number of thioether (sulfide) groups is 1. The molecule has 25 heavy (non-hydrogen) atoms. The minimum absolute atomic E-state index is 0.624. The molecule has 6 heteroatoms. The molecule has 0 amide bonds. The Bertz CT molecular complexity index is 655. The third-order valence-electron chi connectivity index (χ3n) is 3.79. The molecule has 1 aliphatic heterocycles. The second kappa shape index (κ2) is 9.65. The molecular weight excluding hydrogens is 352 g/mol. The monoisotopic (exact) mass is 374 g/mol. The first-order valence-electron chi connectivity index (χ1n) is 8.31. The van der Waals surface area contributed by atoms with E-state index in [1.807, 2.05) is 60.7 Å². The highest BCUT2D eigenvalue weighted by molar-refractivity contribution is 8.22. The van der Waals surface area contributed by atoms with Crippen LogP contribution >= 0.6 is 24.0 Å². The Morgan fingerprint density at radius 3 is 2.00 bits per heavy atom. The fourth-order valence-electron chi connectivity index (χ4n) is 2.47. The predicted molar refractivity (Wildman–Crippen MR) is 107 cm³/mol. The van der Waals surface area contributed by atoms with Gasteiger partial charge >= 0.3 is 0 Å². The topological polar surface area (TPSA) is 24.9 Å². The van der Waals surface area contributed by atoms with E-state index >= 15 is 0 Å². The summed E-state index contributed by atoms with van der Waals surface area (Å²) in [5.41, 5.74) is 0. The lowest BCUT2D eigenvalue weighted by Crippen LogP contribution is -2.47. The Morgan fingerprint density at radius 1 is 0.840 bits per heavy atom. The van der Waals surface area contributed by atoms with Crippen molar-refractivity contribution in [3.8, 4) is 11.5 Å². The second-order valence-electron chi connectivity index (χ2n) is 5.66. The van der Waals surface area contributed by atoms with Gasteiger partial charge < -0.3 is 14.4 Å². The smallest absolute Gasteiger partial charge is 0.138 e. The number of thiocarbonyl (C=S) groups is 1. The highest BCUT2D eigenvalue weighted by atomic mass is 32.2. The minimum Gasteiger partial charge on any atom is -0.492 e. The summed E-state index contributed by atoms with van der Waals surface area (Å²) in [6, 6.07) is 19.8. The molecule has 0 spiro atoms. The van der Waals surface area contributed by atoms with Crippen molar-refractivity contribution in [3.63, 3.8) is 0 Å². The number of benzene rings is 2. The second-order valence-corrected chi connectivity index (χ2v) is 7.24. The molecule has 0 saturated carbocycles. The maximum Gasteiger partial charge on any atom is 0.138 e. The van der Waals surface area contributed by atoms with Crippen LogP contribution in [-0.4, -0.2) is 53.0 Å². The summed E-state index contributed by atoms with van der Waals surface area (Å²) in [6.45, 7) is 3.78. The molecule has 2 aromatic carbocycles. The maximum atomic E-state index is 5.78. The van der Waals surface area contributed by atoms with E-state index in [2.05, 4.69) is 9.80 Å². The lowest BCUT2D eigenvalue weighted by Gasteiger charge is -2.36. The number of nitrogens with zero attached hydrogens (tertiary/aromatic N) is 2. The third-order valence-corrected chi connectivity index (χ3v) is 5.40. The van der Waals surface area contributed by atoms with Gasteiger partial charge in [-0.1, -0.05) is 60.4 Å². The zero-order valence-electron chi connectivity index (χ0n) is 14.0. The fourth-order valence-corrected chi connectivity index (χ4v) is 3.62. The van der Waals surface area contributed by atoms with E-state index in [1.165, 1.54) is 0 Å². The lowest BCUT2D eigenvalue weighted by molar-refractivity contribution is 0.162. The molecule has 1 heterocycles. The quantitative estimate of drug-likeness (QED) is 0.654. The molecule has 1 saturated heterocycles. The summed E-state index contributed by atoms with van der Waals surface area (Å²) in [7, 11) is 0. The van der Waals surface area contributed by atoms with Gasteiger partial charge in [0.15, 0.2) is 0 Å². The summed E-state index contributed by atoms with van der Waals surface area (Å²) >= 11 is 7.17. The van der Waals surface area contributed by atoms with E-state index < -0.39 is 0 Å². The number of hydrogen-bond donors (Lipinski definition) is 0. The van der Waals surface area contributed by atoms with Gasteiger partial charge in [-0.2, -0.15) is 0 Å². The summed E-state index contributed by atoms with van der Waals surface area (Å²) in [4.78, 5) is 4.53. The van der Waals surface area contributed by atoms with Crippen molar-refractivity contribution < 1.29 is 9.47 Å². The van der Waals surface area contributed by atoms with Crippen LogP contribution in [0.15, 0.2) is 60.7 Å². The fraction of sp³-hybridized carbons (Fsp3) is 0.316. The number of para-hydroxylation sites is 2. The first-order valence-corrected chi connectivity index (χ1v) is 9.70. The van der Waals surface area contributed by atoms with E-state index in [1.54, 1.807) is 11.8 Å². The van der Waals surface area contributed by atoms with Gasteiger partial charge in [-0.25, -0.2) is 0 Å². The van der Waals surface area contributed by atoms with Crippen LogP contribution in [0.4, 0.5) is 0 Å². The SMILES string of the molecule is S=C1SCN(CCOc2ccccc2)CN1CCOc1ccccc1. The largest absolute Gasteiger partial charge is 0.492 e. The Hall–Kier alpha value is -1.76. The van der Waals surface area contributed by atoms with Crippen LogP contribution in [0.2, 0.25) is 0 Å². The van der Waals surface area contributed by atoms with E-state index in [9.17, 15) is 0 Å². The van der Waals surface area contributed by atoms with Crippen molar-refractivity contribution in [2.75, 3.05) is 38.8 Å². The summed E-state index contributed by atoms with van der Waals surface area (Å²) in [6.07, 6.45) is 0. The molecule has 0 aromatic heterocycles. The summed E-state index contributed by atoms with van der Waals surface area (Å²) in [5, 5.41) is 0. The van der Waals surface area contributed by atoms with Crippen LogP contribution in [0.1, 0.15) is 0 Å². The average Bonchev–Trinajstić information content (AvgIpc) is 2.66. The molecular formula is C19H22N2O2S2. The van der Waals surface area contributed by atoms with E-state index in [-0.39, 0.29) is 0 Å². The van der Waals surface area contributed by atoms with Crippen molar-refractivity contribution in [2.24, 2.45) is 0 Å². The Kier molecular flexibility index (Phi) is 6.97. The van der Waals surface area contributed by atoms with Crippen LogP contribution in [0.5, 0.6) is 11.5 Å². The minimum atomic E-state index is 0.624. The predicted octanol–water partition coefficient (Wildman–Crippen LogP) is 3.70. The molecule has 1 aliphatic rings. The van der Waals surface area contributed by atoms with Gasteiger partial charge in [0.05, 0.1) is 19.1 Å². The van der Waals surface area contributed by atoms with Gasteiger partial charge in [0.25, 0.3) is 0 Å². The van der Waals surface area contributed by atoms with E-state index in [0.29, 0.717) is 13.2 Å². The van der Waals surface area contributed by atoms with Gasteiger partial charge in [-0.3, -0.25) is 4.90 Å². The molecule has 0 N–H and O–H groups in total. The Labute approximate surface area is 158 Å². The van der Waals surface area contributed by atoms with Crippen LogP contribution in [0.25, 0.3) is 0 Å². The summed E-state index contributed by atoms with van der Waals surface area (Å²) < 4.78 is 12.5. The highest BCUT2D eigenvalue weighted by Gasteiger charge is 2.21. The van der Waals surface area contributed by atoms with Crippen molar-refractivity contribution in [2.45, 2.75) is 0 Å². The lowest BCUT2D eigenvalue weighted by atomic mass is 10.3. The Morgan fingerprint density at radius 2 is 1.40 bits per heavy atom. The van der Waals surface area contributed by atoms with Crippen LogP contribution in [0.3, 0.4) is 0 Å². The van der Waals surface area contributed by atoms with Crippen molar-refractivity contribution in [1.29, 1.82) is 0 Å². The van der Waals surface area contributed by atoms with Crippen LogP contribution in [-0.2, 0) is 0 Å². The third kappa shape index (κ3) is 5.92. The molecule has 2 aromatic rings. The first kappa shape index (κ1) is 18.0. The normalized spacial score (nSPS) is 15.2. The molecule has 0 atom stereocenters. The highest BCUT2D eigenvalue weighted by Crippen LogP contribution is 2.19. The van der Waals surface area contributed by atoms with Crippen LogP contribution in [0, 0.1) is 0 Å². The van der Waals surface area contributed by atoms with Crippen LogP contribution < -0.4 is 9.47 Å². The molecule has 1 fully saturated rings. The molecule has 4 nitrogen and oxygen atoms in total.